The Morgan fingerprint density at radius 3 is 2.83 bits per heavy atom. The second kappa shape index (κ2) is 5.46. The van der Waals surface area contributed by atoms with Gasteiger partial charge in [-0.2, -0.15) is 0 Å². The number of methoxy groups -OCH3 is 1. The average Bonchev–Trinajstić information content (AvgIpc) is 2.73. The highest BCUT2D eigenvalue weighted by Crippen LogP contribution is 2.21. The van der Waals surface area contributed by atoms with Crippen LogP contribution in [0.1, 0.15) is 10.5 Å². The van der Waals surface area contributed by atoms with Crippen LogP contribution in [-0.4, -0.2) is 33.0 Å². The van der Waals surface area contributed by atoms with Gasteiger partial charge in [-0.25, -0.2) is 14.5 Å². The van der Waals surface area contributed by atoms with Crippen molar-refractivity contribution in [1.82, 2.24) is 14.8 Å². The van der Waals surface area contributed by atoms with E-state index in [0.29, 0.717) is 5.02 Å². The van der Waals surface area contributed by atoms with Gasteiger partial charge in [-0.3, -0.25) is 4.70 Å². The van der Waals surface area contributed by atoms with Gasteiger partial charge in [0.15, 0.2) is 11.5 Å². The smallest absolute Gasteiger partial charge is 0.354 e. The van der Waals surface area contributed by atoms with Crippen molar-refractivity contribution in [3.63, 3.8) is 0 Å². The van der Waals surface area contributed by atoms with E-state index in [9.17, 15) is 4.79 Å². The maximum atomic E-state index is 11.0. The Morgan fingerprint density at radius 1 is 1.56 bits per heavy atom. The Hall–Kier alpha value is -2.15. The number of aromatic carboxylic acids is 1. The summed E-state index contributed by atoms with van der Waals surface area (Å²) in [7, 11) is 1.40. The van der Waals surface area contributed by atoms with Crippen molar-refractivity contribution < 1.29 is 19.3 Å². The lowest BCUT2D eigenvalue weighted by molar-refractivity contribution is 0.0686. The molecule has 0 aromatic carbocycles. The van der Waals surface area contributed by atoms with Crippen molar-refractivity contribution in [2.75, 3.05) is 7.11 Å². The minimum atomic E-state index is -1.14. The summed E-state index contributed by atoms with van der Waals surface area (Å²) in [5, 5.41) is 13.3. The van der Waals surface area contributed by atoms with E-state index in [2.05, 4.69) is 10.1 Å². The molecule has 0 aliphatic rings. The second-order valence-electron chi connectivity index (χ2n) is 3.10. The van der Waals surface area contributed by atoms with Crippen molar-refractivity contribution in [3.8, 4) is 11.7 Å². The van der Waals surface area contributed by atoms with E-state index < -0.39 is 5.97 Å². The molecule has 0 saturated carbocycles. The fourth-order valence-corrected chi connectivity index (χ4v) is 1.51. The van der Waals surface area contributed by atoms with Gasteiger partial charge in [0.25, 0.3) is 0 Å². The number of ether oxygens (including phenoxy) is 1. The van der Waals surface area contributed by atoms with Crippen LogP contribution in [0, 0.1) is 0 Å². The number of pyridine rings is 1. The zero-order valence-corrected chi connectivity index (χ0v) is 9.96. The lowest BCUT2D eigenvalue weighted by atomic mass is 10.4. The molecule has 0 bridgehead atoms. The van der Waals surface area contributed by atoms with Gasteiger partial charge in [0.2, 0.25) is 5.88 Å². The molecular weight excluding hydrogens is 265 g/mol. The number of halogens is 2. The quantitative estimate of drug-likeness (QED) is 0.922. The first kappa shape index (κ1) is 13.9. The number of aromatic nitrogens is 3. The Labute approximate surface area is 106 Å². The molecule has 2 rings (SSSR count). The van der Waals surface area contributed by atoms with Crippen LogP contribution in [0.3, 0.4) is 0 Å². The van der Waals surface area contributed by atoms with Gasteiger partial charge in [-0.05, 0) is 12.1 Å². The number of carboxylic acid groups (broad SMARTS) is 1. The first-order chi connectivity index (χ1) is 8.13. The largest absolute Gasteiger partial charge is 0.480 e. The second-order valence-corrected chi connectivity index (χ2v) is 3.50. The lowest BCUT2D eigenvalue weighted by Crippen LogP contribution is -2.09. The Balaban J connectivity index is 0.00000162. The molecular formula is C10H9ClFN3O3. The van der Waals surface area contributed by atoms with Crippen LogP contribution < -0.4 is 4.74 Å². The van der Waals surface area contributed by atoms with Crippen molar-refractivity contribution in [1.29, 1.82) is 0 Å². The molecule has 2 aromatic heterocycles. The maximum absolute atomic E-state index is 11.0. The summed E-state index contributed by atoms with van der Waals surface area (Å²) >= 11 is 5.93. The monoisotopic (exact) mass is 273 g/mol. The number of rotatable bonds is 3. The van der Waals surface area contributed by atoms with E-state index in [-0.39, 0.29) is 22.1 Å². The molecule has 2 aromatic rings. The minimum absolute atomic E-state index is 0. The van der Waals surface area contributed by atoms with E-state index in [0.717, 1.165) is 4.68 Å². The van der Waals surface area contributed by atoms with Crippen LogP contribution in [0.15, 0.2) is 24.4 Å². The first-order valence-corrected chi connectivity index (χ1v) is 4.99. The molecule has 0 aliphatic carbocycles. The Kier molecular flexibility index (Phi) is 4.22. The van der Waals surface area contributed by atoms with Crippen LogP contribution in [0.5, 0.6) is 5.88 Å². The normalized spacial score (nSPS) is 9.67. The topological polar surface area (TPSA) is 77.2 Å². The molecule has 0 unspecified atom stereocenters. The summed E-state index contributed by atoms with van der Waals surface area (Å²) < 4.78 is 6.01. The Bertz CT molecular complexity index is 573. The number of hydrogen-bond donors (Lipinski definition) is 1. The lowest BCUT2D eigenvalue weighted by Gasteiger charge is -2.04. The summed E-state index contributed by atoms with van der Waals surface area (Å²) in [6.45, 7) is 0. The van der Waals surface area contributed by atoms with Crippen LogP contribution in [0.2, 0.25) is 5.02 Å². The van der Waals surface area contributed by atoms with E-state index in [1.165, 1.54) is 19.4 Å². The highest BCUT2D eigenvalue weighted by Gasteiger charge is 2.18. The molecule has 0 aliphatic heterocycles. The molecule has 0 saturated heterocycles. The molecule has 0 radical (unpaired) electrons. The van der Waals surface area contributed by atoms with Gasteiger partial charge in [-0.15, -0.1) is 5.10 Å². The summed E-state index contributed by atoms with van der Waals surface area (Å²) in [5.74, 6) is -0.707. The average molecular weight is 274 g/mol. The summed E-state index contributed by atoms with van der Waals surface area (Å²) in [5.41, 5.74) is -0.0672. The molecule has 0 spiro atoms. The van der Waals surface area contributed by atoms with E-state index >= 15 is 0 Å². The molecule has 96 valence electrons. The van der Waals surface area contributed by atoms with E-state index in [1.807, 2.05) is 0 Å². The van der Waals surface area contributed by atoms with Gasteiger partial charge >= 0.3 is 5.97 Å². The molecule has 0 amide bonds. The van der Waals surface area contributed by atoms with Crippen LogP contribution in [-0.2, 0) is 0 Å². The molecule has 0 fully saturated rings. The van der Waals surface area contributed by atoms with Crippen molar-refractivity contribution in [3.05, 3.63) is 35.1 Å². The van der Waals surface area contributed by atoms with Crippen LogP contribution in [0.25, 0.3) is 5.82 Å². The molecule has 8 heteroatoms. The third-order valence-corrected chi connectivity index (χ3v) is 2.35. The van der Waals surface area contributed by atoms with E-state index in [1.54, 1.807) is 12.1 Å². The zero-order valence-electron chi connectivity index (χ0n) is 9.20. The highest BCUT2D eigenvalue weighted by atomic mass is 35.5. The molecule has 1 N–H and O–H groups in total. The van der Waals surface area contributed by atoms with Crippen molar-refractivity contribution in [2.24, 2.45) is 0 Å². The van der Waals surface area contributed by atoms with Gasteiger partial charge in [0.05, 0.1) is 12.1 Å². The molecule has 18 heavy (non-hydrogen) atoms. The fraction of sp³-hybridized carbons (Fsp3) is 0.100. The van der Waals surface area contributed by atoms with Crippen LogP contribution in [0.4, 0.5) is 4.70 Å². The summed E-state index contributed by atoms with van der Waals surface area (Å²) in [4.78, 5) is 15.0. The third-order valence-electron chi connectivity index (χ3n) is 2.05. The molecule has 2 heterocycles. The SMILES string of the molecule is COc1cc(C(=O)O)n(-c2ncccc2Cl)n1.F. The number of nitrogens with zero attached hydrogens (tertiary/aromatic N) is 3. The number of carboxylic acids is 1. The van der Waals surface area contributed by atoms with E-state index in [4.69, 9.17) is 21.4 Å². The van der Waals surface area contributed by atoms with Gasteiger partial charge in [0, 0.05) is 12.3 Å². The minimum Gasteiger partial charge on any atom is -0.480 e. The van der Waals surface area contributed by atoms with Gasteiger partial charge in [0.1, 0.15) is 0 Å². The molecule has 0 atom stereocenters. The zero-order chi connectivity index (χ0) is 12.4. The first-order valence-electron chi connectivity index (χ1n) is 4.61. The van der Waals surface area contributed by atoms with Crippen molar-refractivity contribution in [2.45, 2.75) is 0 Å². The van der Waals surface area contributed by atoms with Crippen molar-refractivity contribution >= 4 is 17.6 Å². The molecule has 6 nitrogen and oxygen atoms in total. The van der Waals surface area contributed by atoms with Gasteiger partial charge < -0.3 is 9.84 Å². The summed E-state index contributed by atoms with van der Waals surface area (Å²) in [6, 6.07) is 4.55. The highest BCUT2D eigenvalue weighted by molar-refractivity contribution is 6.32. The van der Waals surface area contributed by atoms with Crippen LogP contribution >= 0.6 is 11.6 Å². The fourth-order valence-electron chi connectivity index (χ4n) is 1.31. The Morgan fingerprint density at radius 2 is 2.28 bits per heavy atom. The third kappa shape index (κ3) is 2.40. The number of carbonyl (C=O) groups is 1. The van der Waals surface area contributed by atoms with Gasteiger partial charge in [-0.1, -0.05) is 11.6 Å². The standard InChI is InChI=1S/C10H8ClN3O3.FH/c1-17-8-5-7(10(15)16)14(13-8)9-6(11)3-2-4-12-9;/h2-5H,1H3,(H,15,16);1H. The predicted octanol–water partition coefficient (Wildman–Crippen LogP) is 1.78. The predicted molar refractivity (Wildman–Crippen MR) is 62.4 cm³/mol. The summed E-state index contributed by atoms with van der Waals surface area (Å²) in [6.07, 6.45) is 1.50. The number of hydrogen-bond acceptors (Lipinski definition) is 4. The maximum Gasteiger partial charge on any atom is 0.354 e.